The molecule has 0 aromatic heterocycles. The Labute approximate surface area is 146 Å². The number of hydrogen-bond donors (Lipinski definition) is 1. The maximum atomic E-state index is 13.1. The van der Waals surface area contributed by atoms with E-state index in [0.29, 0.717) is 11.6 Å². The lowest BCUT2D eigenvalue weighted by Gasteiger charge is -2.34. The number of nitrogens with one attached hydrogen (secondary N) is 1. The fourth-order valence-corrected chi connectivity index (χ4v) is 5.98. The van der Waals surface area contributed by atoms with Crippen LogP contribution in [-0.2, 0) is 10.0 Å². The number of rotatable bonds is 5. The molecular formula is C14H19Cl3N2O2S. The second kappa shape index (κ2) is 7.69. The molecule has 0 bridgehead atoms. The van der Waals surface area contributed by atoms with Crippen LogP contribution >= 0.6 is 34.8 Å². The van der Waals surface area contributed by atoms with E-state index in [0.717, 1.165) is 32.4 Å². The summed E-state index contributed by atoms with van der Waals surface area (Å²) in [5.74, 6) is 0. The summed E-state index contributed by atoms with van der Waals surface area (Å²) in [6, 6.07) is 2.79. The number of piperidine rings is 1. The molecule has 0 saturated carbocycles. The molecule has 1 aliphatic rings. The van der Waals surface area contributed by atoms with Gasteiger partial charge in [0.15, 0.2) is 0 Å². The van der Waals surface area contributed by atoms with Crippen molar-refractivity contribution in [2.24, 2.45) is 0 Å². The van der Waals surface area contributed by atoms with Crippen LogP contribution in [0.3, 0.4) is 0 Å². The van der Waals surface area contributed by atoms with Crippen molar-refractivity contribution in [3.8, 4) is 0 Å². The standard InChI is InChI=1S/C14H19Cl3N2O2S/c1-2-7-19(11-3-5-18-6-4-11)22(20,21)14-12(16)8-10(15)9-13(14)17/h8-9,11,18H,2-7H2,1H3. The van der Waals surface area contributed by atoms with Gasteiger partial charge in [-0.3, -0.25) is 0 Å². The summed E-state index contributed by atoms with van der Waals surface area (Å²) in [6.07, 6.45) is 2.29. The molecule has 1 fully saturated rings. The van der Waals surface area contributed by atoms with E-state index < -0.39 is 10.0 Å². The van der Waals surface area contributed by atoms with E-state index in [1.54, 1.807) is 0 Å². The van der Waals surface area contributed by atoms with Crippen molar-refractivity contribution in [3.63, 3.8) is 0 Å². The first-order valence-corrected chi connectivity index (χ1v) is 9.82. The van der Waals surface area contributed by atoms with Gasteiger partial charge in [0, 0.05) is 17.6 Å². The third-order valence-electron chi connectivity index (χ3n) is 3.69. The average molecular weight is 386 g/mol. The van der Waals surface area contributed by atoms with Crippen molar-refractivity contribution in [2.45, 2.75) is 37.1 Å². The molecule has 22 heavy (non-hydrogen) atoms. The Hall–Kier alpha value is -0.0400. The topological polar surface area (TPSA) is 49.4 Å². The first-order chi connectivity index (χ1) is 10.4. The minimum Gasteiger partial charge on any atom is -0.317 e. The summed E-state index contributed by atoms with van der Waals surface area (Å²) in [7, 11) is -3.76. The van der Waals surface area contributed by atoms with Gasteiger partial charge in [0.05, 0.1) is 10.0 Å². The molecule has 8 heteroatoms. The molecule has 1 heterocycles. The van der Waals surface area contributed by atoms with Gasteiger partial charge in [-0.05, 0) is 44.5 Å². The van der Waals surface area contributed by atoms with Gasteiger partial charge < -0.3 is 5.32 Å². The maximum Gasteiger partial charge on any atom is 0.246 e. The second-order valence-electron chi connectivity index (χ2n) is 5.30. The Morgan fingerprint density at radius 1 is 1.18 bits per heavy atom. The van der Waals surface area contributed by atoms with E-state index in [1.807, 2.05) is 6.92 Å². The number of halogens is 3. The lowest BCUT2D eigenvalue weighted by Crippen LogP contribution is -2.46. The summed E-state index contributed by atoms with van der Waals surface area (Å²) in [5.41, 5.74) is 0. The minimum absolute atomic E-state index is 0.0333. The molecule has 0 spiro atoms. The van der Waals surface area contributed by atoms with Crippen LogP contribution in [0.2, 0.25) is 15.1 Å². The number of nitrogens with zero attached hydrogens (tertiary/aromatic N) is 1. The van der Waals surface area contributed by atoms with Crippen molar-refractivity contribution in [1.82, 2.24) is 9.62 Å². The average Bonchev–Trinajstić information content (AvgIpc) is 2.44. The normalized spacial score (nSPS) is 17.1. The molecule has 0 aliphatic carbocycles. The Morgan fingerprint density at radius 3 is 2.23 bits per heavy atom. The van der Waals surface area contributed by atoms with Crippen LogP contribution in [0.15, 0.2) is 17.0 Å². The van der Waals surface area contributed by atoms with Crippen molar-refractivity contribution >= 4 is 44.8 Å². The van der Waals surface area contributed by atoms with Gasteiger partial charge in [-0.1, -0.05) is 41.7 Å². The quantitative estimate of drug-likeness (QED) is 0.838. The number of sulfonamides is 1. The molecule has 0 radical (unpaired) electrons. The van der Waals surface area contributed by atoms with E-state index >= 15 is 0 Å². The van der Waals surface area contributed by atoms with E-state index in [2.05, 4.69) is 5.32 Å². The fourth-order valence-electron chi connectivity index (χ4n) is 2.71. The highest BCUT2D eigenvalue weighted by molar-refractivity contribution is 7.89. The van der Waals surface area contributed by atoms with Gasteiger partial charge in [-0.2, -0.15) is 4.31 Å². The Morgan fingerprint density at radius 2 is 1.73 bits per heavy atom. The molecule has 1 aliphatic heterocycles. The van der Waals surface area contributed by atoms with Gasteiger partial charge in [0.1, 0.15) is 4.90 Å². The largest absolute Gasteiger partial charge is 0.317 e. The maximum absolute atomic E-state index is 13.1. The zero-order valence-corrected chi connectivity index (χ0v) is 15.4. The van der Waals surface area contributed by atoms with Crippen LogP contribution in [-0.4, -0.2) is 38.4 Å². The van der Waals surface area contributed by atoms with Gasteiger partial charge in [0.2, 0.25) is 10.0 Å². The lowest BCUT2D eigenvalue weighted by molar-refractivity contribution is 0.262. The summed E-state index contributed by atoms with van der Waals surface area (Å²) >= 11 is 18.1. The van der Waals surface area contributed by atoms with E-state index in [1.165, 1.54) is 16.4 Å². The molecule has 0 unspecified atom stereocenters. The monoisotopic (exact) mass is 384 g/mol. The molecule has 1 N–H and O–H groups in total. The molecule has 1 aromatic carbocycles. The molecular weight excluding hydrogens is 367 g/mol. The second-order valence-corrected chi connectivity index (χ2v) is 8.37. The Balaban J connectivity index is 2.45. The van der Waals surface area contributed by atoms with Crippen molar-refractivity contribution in [2.75, 3.05) is 19.6 Å². The predicted octanol–water partition coefficient (Wildman–Crippen LogP) is 3.80. The minimum atomic E-state index is -3.76. The van der Waals surface area contributed by atoms with E-state index in [9.17, 15) is 8.42 Å². The predicted molar refractivity (Wildman–Crippen MR) is 91.5 cm³/mol. The summed E-state index contributed by atoms with van der Waals surface area (Å²) in [4.78, 5) is -0.0489. The number of benzene rings is 1. The Bertz CT molecular complexity index is 608. The van der Waals surface area contributed by atoms with Crippen LogP contribution in [0.25, 0.3) is 0 Å². The van der Waals surface area contributed by atoms with Crippen molar-refractivity contribution in [3.05, 3.63) is 27.2 Å². The number of hydrogen-bond acceptors (Lipinski definition) is 3. The SMILES string of the molecule is CCCN(C1CCNCC1)S(=O)(=O)c1c(Cl)cc(Cl)cc1Cl. The van der Waals surface area contributed by atoms with Crippen LogP contribution in [0.1, 0.15) is 26.2 Å². The first-order valence-electron chi connectivity index (χ1n) is 7.25. The summed E-state index contributed by atoms with van der Waals surface area (Å²) < 4.78 is 27.7. The van der Waals surface area contributed by atoms with Gasteiger partial charge in [-0.25, -0.2) is 8.42 Å². The zero-order valence-electron chi connectivity index (χ0n) is 12.3. The first kappa shape index (κ1) is 18.3. The Kier molecular flexibility index (Phi) is 6.39. The highest BCUT2D eigenvalue weighted by Crippen LogP contribution is 2.36. The smallest absolute Gasteiger partial charge is 0.246 e. The molecule has 2 rings (SSSR count). The fraction of sp³-hybridized carbons (Fsp3) is 0.571. The van der Waals surface area contributed by atoms with Crippen LogP contribution in [0.4, 0.5) is 0 Å². The van der Waals surface area contributed by atoms with Gasteiger partial charge in [0.25, 0.3) is 0 Å². The highest BCUT2D eigenvalue weighted by atomic mass is 35.5. The van der Waals surface area contributed by atoms with Crippen LogP contribution < -0.4 is 5.32 Å². The van der Waals surface area contributed by atoms with Crippen LogP contribution in [0, 0.1) is 0 Å². The van der Waals surface area contributed by atoms with Gasteiger partial charge in [-0.15, -0.1) is 0 Å². The van der Waals surface area contributed by atoms with Gasteiger partial charge >= 0.3 is 0 Å². The highest BCUT2D eigenvalue weighted by Gasteiger charge is 2.34. The molecule has 124 valence electrons. The third-order valence-corrected chi connectivity index (χ3v) is 6.78. The summed E-state index contributed by atoms with van der Waals surface area (Å²) in [6.45, 7) is 4.02. The third kappa shape index (κ3) is 3.89. The summed E-state index contributed by atoms with van der Waals surface area (Å²) in [5, 5.41) is 3.68. The van der Waals surface area contributed by atoms with E-state index in [4.69, 9.17) is 34.8 Å². The molecule has 4 nitrogen and oxygen atoms in total. The molecule has 0 atom stereocenters. The van der Waals surface area contributed by atoms with Crippen LogP contribution in [0.5, 0.6) is 0 Å². The molecule has 1 saturated heterocycles. The van der Waals surface area contributed by atoms with E-state index in [-0.39, 0.29) is 21.0 Å². The van der Waals surface area contributed by atoms with Crippen molar-refractivity contribution in [1.29, 1.82) is 0 Å². The molecule has 0 amide bonds. The zero-order chi connectivity index (χ0) is 16.3. The van der Waals surface area contributed by atoms with Crippen molar-refractivity contribution < 1.29 is 8.42 Å². The lowest BCUT2D eigenvalue weighted by atomic mass is 10.1. The molecule has 1 aromatic rings.